The first-order valence-electron chi connectivity index (χ1n) is 11.2. The zero-order valence-electron chi connectivity index (χ0n) is 17.8. The van der Waals surface area contributed by atoms with Crippen molar-refractivity contribution in [3.05, 3.63) is 30.0 Å². The monoisotopic (exact) mass is 395 g/mol. The zero-order chi connectivity index (χ0) is 19.8. The summed E-state index contributed by atoms with van der Waals surface area (Å²) in [5, 5.41) is 8.79. The lowest BCUT2D eigenvalue weighted by Crippen LogP contribution is -2.58. The minimum atomic E-state index is 0.277. The Morgan fingerprint density at radius 3 is 2.69 bits per heavy atom. The maximum atomic E-state index is 5.84. The van der Waals surface area contributed by atoms with Gasteiger partial charge in [0.15, 0.2) is 0 Å². The van der Waals surface area contributed by atoms with Gasteiger partial charge in [-0.15, -0.1) is 5.10 Å². The molecule has 5 rings (SSSR count). The van der Waals surface area contributed by atoms with Crippen LogP contribution < -0.4 is 4.90 Å². The molecule has 4 heterocycles. The van der Waals surface area contributed by atoms with E-state index in [2.05, 4.69) is 58.5 Å². The molecule has 0 N–H and O–H groups in total. The first-order valence-corrected chi connectivity index (χ1v) is 11.2. The van der Waals surface area contributed by atoms with E-state index in [0.29, 0.717) is 5.41 Å². The second-order valence-corrected chi connectivity index (χ2v) is 9.47. The number of aromatic nitrogens is 3. The third kappa shape index (κ3) is 3.92. The Labute approximate surface area is 173 Å². The number of hydrogen-bond acceptors (Lipinski definition) is 5. The molecule has 0 aliphatic carbocycles. The van der Waals surface area contributed by atoms with Crippen molar-refractivity contribution in [2.75, 3.05) is 44.7 Å². The van der Waals surface area contributed by atoms with Crippen LogP contribution in [0.2, 0.25) is 0 Å². The van der Waals surface area contributed by atoms with Crippen molar-refractivity contribution in [3.63, 3.8) is 0 Å². The number of anilines is 1. The van der Waals surface area contributed by atoms with E-state index in [1.54, 1.807) is 0 Å². The van der Waals surface area contributed by atoms with E-state index >= 15 is 0 Å². The lowest BCUT2D eigenvalue weighted by atomic mass is 9.72. The van der Waals surface area contributed by atoms with Crippen LogP contribution in [0.1, 0.15) is 37.7 Å². The molecule has 1 aromatic heterocycles. The van der Waals surface area contributed by atoms with Gasteiger partial charge < -0.3 is 14.5 Å². The largest absolute Gasteiger partial charge is 0.376 e. The van der Waals surface area contributed by atoms with Crippen molar-refractivity contribution in [1.29, 1.82) is 0 Å². The number of aryl methyl sites for hydroxylation is 1. The van der Waals surface area contributed by atoms with Crippen LogP contribution in [0.3, 0.4) is 0 Å². The second kappa shape index (κ2) is 7.73. The van der Waals surface area contributed by atoms with Crippen LogP contribution in [0, 0.1) is 12.3 Å². The Morgan fingerprint density at radius 1 is 1.17 bits per heavy atom. The van der Waals surface area contributed by atoms with Gasteiger partial charge in [-0.25, -0.2) is 4.68 Å². The van der Waals surface area contributed by atoms with Gasteiger partial charge in [-0.2, -0.15) is 0 Å². The summed E-state index contributed by atoms with van der Waals surface area (Å²) in [4.78, 5) is 5.00. The van der Waals surface area contributed by atoms with E-state index < -0.39 is 0 Å². The lowest BCUT2D eigenvalue weighted by molar-refractivity contribution is 0.00131. The van der Waals surface area contributed by atoms with Crippen molar-refractivity contribution in [1.82, 2.24) is 19.9 Å². The van der Waals surface area contributed by atoms with Gasteiger partial charge >= 0.3 is 0 Å². The van der Waals surface area contributed by atoms with Crippen molar-refractivity contribution < 1.29 is 4.74 Å². The Balaban J connectivity index is 1.24. The minimum Gasteiger partial charge on any atom is -0.376 e. The lowest BCUT2D eigenvalue weighted by Gasteiger charge is -2.53. The number of likely N-dealkylation sites (tertiary alicyclic amines) is 1. The van der Waals surface area contributed by atoms with Crippen LogP contribution in [-0.2, 0) is 11.3 Å². The van der Waals surface area contributed by atoms with E-state index in [1.807, 2.05) is 4.68 Å². The standard InChI is InChI=1S/C23H33N5O/c1-18-13-19(27-10-8-23(9-11-27)16-26(2)17-23)6-7-21(18)22-15-28(25-24-22)14-20-5-3-4-12-29-20/h6-7,13,15,20H,3-5,8-12,14,16-17H2,1-2H3. The van der Waals surface area contributed by atoms with E-state index in [0.717, 1.165) is 25.3 Å². The number of piperidine rings is 1. The molecule has 0 bridgehead atoms. The number of nitrogens with zero attached hydrogens (tertiary/aromatic N) is 5. The molecule has 3 aliphatic heterocycles. The van der Waals surface area contributed by atoms with Crippen molar-refractivity contribution in [2.45, 2.75) is 51.7 Å². The summed E-state index contributed by atoms with van der Waals surface area (Å²) < 4.78 is 7.78. The molecule has 3 saturated heterocycles. The van der Waals surface area contributed by atoms with Crippen LogP contribution in [0.25, 0.3) is 11.3 Å². The third-order valence-corrected chi connectivity index (χ3v) is 7.09. The van der Waals surface area contributed by atoms with Crippen LogP contribution >= 0.6 is 0 Å². The summed E-state index contributed by atoms with van der Waals surface area (Å²) >= 11 is 0. The summed E-state index contributed by atoms with van der Waals surface area (Å²) in [6.07, 6.45) is 8.53. The quantitative estimate of drug-likeness (QED) is 0.794. The van der Waals surface area contributed by atoms with Crippen LogP contribution in [-0.4, -0.2) is 65.8 Å². The van der Waals surface area contributed by atoms with Gasteiger partial charge in [-0.05, 0) is 69.2 Å². The number of benzene rings is 1. The topological polar surface area (TPSA) is 46.4 Å². The molecule has 1 unspecified atom stereocenters. The van der Waals surface area contributed by atoms with Gasteiger partial charge in [-0.1, -0.05) is 11.3 Å². The Hall–Kier alpha value is -1.92. The molecular weight excluding hydrogens is 362 g/mol. The Morgan fingerprint density at radius 2 is 2.00 bits per heavy atom. The average Bonchev–Trinajstić information content (AvgIpc) is 3.16. The molecule has 0 saturated carbocycles. The molecule has 3 aliphatic rings. The van der Waals surface area contributed by atoms with Gasteiger partial charge in [0.1, 0.15) is 5.69 Å². The maximum absolute atomic E-state index is 5.84. The fraction of sp³-hybridized carbons (Fsp3) is 0.652. The molecule has 1 atom stereocenters. The second-order valence-electron chi connectivity index (χ2n) is 9.47. The highest BCUT2D eigenvalue weighted by Gasteiger charge is 2.43. The average molecular weight is 396 g/mol. The molecule has 6 nitrogen and oxygen atoms in total. The molecule has 0 amide bonds. The maximum Gasteiger partial charge on any atom is 0.113 e. The van der Waals surface area contributed by atoms with Crippen LogP contribution in [0.5, 0.6) is 0 Å². The summed E-state index contributed by atoms with van der Waals surface area (Å²) in [6.45, 7) is 8.76. The normalized spacial score (nSPS) is 24.6. The first-order chi connectivity index (χ1) is 14.1. The highest BCUT2D eigenvalue weighted by Crippen LogP contribution is 2.40. The minimum absolute atomic E-state index is 0.277. The summed E-state index contributed by atoms with van der Waals surface area (Å²) in [7, 11) is 2.23. The predicted molar refractivity (Wildman–Crippen MR) is 115 cm³/mol. The van der Waals surface area contributed by atoms with Gasteiger partial charge in [0.2, 0.25) is 0 Å². The SMILES string of the molecule is Cc1cc(N2CCC3(CC2)CN(C)C3)ccc1-c1cn(CC2CCCCO2)nn1. The highest BCUT2D eigenvalue weighted by molar-refractivity contribution is 5.67. The summed E-state index contributed by atoms with van der Waals surface area (Å²) in [5.41, 5.74) is 5.35. The molecule has 156 valence electrons. The molecular formula is C23H33N5O. The van der Waals surface area contributed by atoms with E-state index in [9.17, 15) is 0 Å². The smallest absolute Gasteiger partial charge is 0.113 e. The van der Waals surface area contributed by atoms with Gasteiger partial charge in [-0.3, -0.25) is 0 Å². The van der Waals surface area contributed by atoms with E-state index in [1.165, 1.54) is 68.7 Å². The predicted octanol–water partition coefficient (Wildman–Crippen LogP) is 3.35. The molecule has 1 aromatic carbocycles. The fourth-order valence-electron chi connectivity index (χ4n) is 5.46. The number of rotatable bonds is 4. The highest BCUT2D eigenvalue weighted by atomic mass is 16.5. The summed E-state index contributed by atoms with van der Waals surface area (Å²) in [6, 6.07) is 6.80. The Bertz CT molecular complexity index is 841. The van der Waals surface area contributed by atoms with Crippen LogP contribution in [0.15, 0.2) is 24.4 Å². The van der Waals surface area contributed by atoms with E-state index in [-0.39, 0.29) is 6.10 Å². The number of hydrogen-bond donors (Lipinski definition) is 0. The van der Waals surface area contributed by atoms with E-state index in [4.69, 9.17) is 4.74 Å². The van der Waals surface area contributed by atoms with Crippen molar-refractivity contribution in [2.24, 2.45) is 5.41 Å². The van der Waals surface area contributed by atoms with Crippen molar-refractivity contribution >= 4 is 5.69 Å². The molecule has 6 heteroatoms. The summed E-state index contributed by atoms with van der Waals surface area (Å²) in [5.74, 6) is 0. The van der Waals surface area contributed by atoms with Gasteiger partial charge in [0.05, 0.1) is 18.8 Å². The van der Waals surface area contributed by atoms with Gasteiger partial charge in [0.25, 0.3) is 0 Å². The molecule has 0 radical (unpaired) electrons. The first kappa shape index (κ1) is 19.1. The zero-order valence-corrected chi connectivity index (χ0v) is 17.8. The Kier molecular flexibility index (Phi) is 5.08. The number of ether oxygens (including phenoxy) is 1. The molecule has 2 aromatic rings. The molecule has 3 fully saturated rings. The molecule has 1 spiro atoms. The van der Waals surface area contributed by atoms with Crippen LogP contribution in [0.4, 0.5) is 5.69 Å². The molecule has 29 heavy (non-hydrogen) atoms. The van der Waals surface area contributed by atoms with Gasteiger partial charge in [0, 0.05) is 44.0 Å². The van der Waals surface area contributed by atoms with Crippen molar-refractivity contribution in [3.8, 4) is 11.3 Å². The fourth-order valence-corrected chi connectivity index (χ4v) is 5.46. The third-order valence-electron chi connectivity index (χ3n) is 7.09.